The number of halogens is 3. The van der Waals surface area contributed by atoms with Gasteiger partial charge in [-0.25, -0.2) is 9.78 Å². The zero-order chi connectivity index (χ0) is 23.2. The number of carbonyl (C=O) groups is 1. The third-order valence-corrected chi connectivity index (χ3v) is 7.29. The number of thiazole rings is 1. The van der Waals surface area contributed by atoms with Crippen LogP contribution in [0.5, 0.6) is 5.75 Å². The third-order valence-electron chi connectivity index (χ3n) is 5.16. The standard InChI is InChI=1S/C22H23Cl3N4O3S/c23-16-2-3-17(24)20(25)15(16)5-10-32-14-1-4-18-19(13-14)33-22(27-18)28-21(30)26-6-7-29-8-11-31-12-9-29/h1-4,13H,5-12H2,(H2,26,27,28,30). The molecule has 11 heteroatoms. The Hall–Kier alpha value is -1.81. The number of ether oxygens (including phenoxy) is 2. The molecular formula is C22H23Cl3N4O3S. The molecule has 0 atom stereocenters. The van der Waals surface area contributed by atoms with Gasteiger partial charge in [-0.1, -0.05) is 46.1 Å². The van der Waals surface area contributed by atoms with Crippen molar-refractivity contribution < 1.29 is 14.3 Å². The van der Waals surface area contributed by atoms with E-state index in [1.54, 1.807) is 12.1 Å². The number of rotatable bonds is 8. The minimum absolute atomic E-state index is 0.269. The highest BCUT2D eigenvalue weighted by atomic mass is 35.5. The molecule has 0 bridgehead atoms. The fourth-order valence-corrected chi connectivity index (χ4v) is 5.04. The molecule has 3 aromatic rings. The molecule has 0 spiro atoms. The van der Waals surface area contributed by atoms with Gasteiger partial charge in [0.05, 0.1) is 40.1 Å². The van der Waals surface area contributed by atoms with E-state index >= 15 is 0 Å². The van der Waals surface area contributed by atoms with Gasteiger partial charge in [0.15, 0.2) is 5.13 Å². The minimum Gasteiger partial charge on any atom is -0.493 e. The zero-order valence-corrected chi connectivity index (χ0v) is 20.8. The molecule has 0 unspecified atom stereocenters. The largest absolute Gasteiger partial charge is 0.493 e. The number of aromatic nitrogens is 1. The summed E-state index contributed by atoms with van der Waals surface area (Å²) in [5, 5.41) is 7.68. The number of nitrogens with zero attached hydrogens (tertiary/aromatic N) is 2. The van der Waals surface area contributed by atoms with Crippen LogP contribution in [0.3, 0.4) is 0 Å². The second-order valence-electron chi connectivity index (χ2n) is 7.40. The number of anilines is 1. The van der Waals surface area contributed by atoms with Gasteiger partial charge in [0, 0.05) is 37.6 Å². The SMILES string of the molecule is O=C(NCCN1CCOCC1)Nc1nc2ccc(OCCc3c(Cl)ccc(Cl)c3Cl)cc2s1. The van der Waals surface area contributed by atoms with E-state index in [9.17, 15) is 4.79 Å². The summed E-state index contributed by atoms with van der Waals surface area (Å²) in [6, 6.07) is 8.73. The van der Waals surface area contributed by atoms with Crippen LogP contribution < -0.4 is 15.4 Å². The number of nitrogens with one attached hydrogen (secondary N) is 2. The monoisotopic (exact) mass is 528 g/mol. The lowest BCUT2D eigenvalue weighted by molar-refractivity contribution is 0.0388. The first kappa shape index (κ1) is 24.3. The molecule has 1 aliphatic rings. The summed E-state index contributed by atoms with van der Waals surface area (Å²) in [4.78, 5) is 18.9. The van der Waals surface area contributed by atoms with Gasteiger partial charge in [0.25, 0.3) is 0 Å². The second kappa shape index (κ2) is 11.6. The topological polar surface area (TPSA) is 75.7 Å². The van der Waals surface area contributed by atoms with Gasteiger partial charge in [-0.3, -0.25) is 10.2 Å². The van der Waals surface area contributed by atoms with Crippen molar-refractivity contribution in [3.05, 3.63) is 51.0 Å². The summed E-state index contributed by atoms with van der Waals surface area (Å²) in [5.74, 6) is 0.696. The van der Waals surface area contributed by atoms with E-state index in [0.717, 1.165) is 48.6 Å². The van der Waals surface area contributed by atoms with Crippen LogP contribution >= 0.6 is 46.1 Å². The fraction of sp³-hybridized carbons (Fsp3) is 0.364. The molecule has 4 rings (SSSR count). The summed E-state index contributed by atoms with van der Waals surface area (Å²) in [5.41, 5.74) is 1.55. The fourth-order valence-electron chi connectivity index (χ4n) is 3.41. The van der Waals surface area contributed by atoms with Gasteiger partial charge in [-0.15, -0.1) is 0 Å². The van der Waals surface area contributed by atoms with Crippen molar-refractivity contribution in [2.24, 2.45) is 0 Å². The highest BCUT2D eigenvalue weighted by Gasteiger charge is 2.13. The average molecular weight is 530 g/mol. The van der Waals surface area contributed by atoms with Gasteiger partial charge in [-0.05, 0) is 35.9 Å². The van der Waals surface area contributed by atoms with Crippen LogP contribution in [0.25, 0.3) is 10.2 Å². The molecule has 2 heterocycles. The van der Waals surface area contributed by atoms with E-state index in [4.69, 9.17) is 44.3 Å². The predicted molar refractivity (Wildman–Crippen MR) is 135 cm³/mol. The Morgan fingerprint density at radius 2 is 1.94 bits per heavy atom. The number of carbonyl (C=O) groups excluding carboxylic acids is 1. The molecule has 33 heavy (non-hydrogen) atoms. The number of benzene rings is 2. The summed E-state index contributed by atoms with van der Waals surface area (Å²) >= 11 is 19.9. The molecule has 2 aromatic carbocycles. The van der Waals surface area contributed by atoms with Crippen LogP contribution in [-0.4, -0.2) is 61.9 Å². The number of morpholine rings is 1. The van der Waals surface area contributed by atoms with Crippen LogP contribution in [0.15, 0.2) is 30.3 Å². The van der Waals surface area contributed by atoms with Gasteiger partial charge in [-0.2, -0.15) is 0 Å². The Kier molecular flexibility index (Phi) is 8.51. The molecule has 1 saturated heterocycles. The highest BCUT2D eigenvalue weighted by molar-refractivity contribution is 7.22. The van der Waals surface area contributed by atoms with Crippen molar-refractivity contribution in [2.45, 2.75) is 6.42 Å². The van der Waals surface area contributed by atoms with Gasteiger partial charge < -0.3 is 14.8 Å². The maximum atomic E-state index is 12.2. The Morgan fingerprint density at radius 3 is 2.76 bits per heavy atom. The molecule has 0 aliphatic carbocycles. The second-order valence-corrected chi connectivity index (χ2v) is 9.63. The lowest BCUT2D eigenvalue weighted by atomic mass is 10.1. The van der Waals surface area contributed by atoms with E-state index < -0.39 is 0 Å². The zero-order valence-electron chi connectivity index (χ0n) is 17.7. The van der Waals surface area contributed by atoms with Crippen molar-refractivity contribution in [2.75, 3.05) is 51.3 Å². The van der Waals surface area contributed by atoms with E-state index in [2.05, 4.69) is 20.5 Å². The number of fused-ring (bicyclic) bond motifs is 1. The van der Waals surface area contributed by atoms with E-state index in [-0.39, 0.29) is 6.03 Å². The minimum atomic E-state index is -0.269. The molecule has 1 aliphatic heterocycles. The number of hydrogen-bond donors (Lipinski definition) is 2. The number of hydrogen-bond acceptors (Lipinski definition) is 6. The Labute approximate surface area is 210 Å². The van der Waals surface area contributed by atoms with Gasteiger partial charge in [0.2, 0.25) is 0 Å². The Morgan fingerprint density at radius 1 is 1.15 bits per heavy atom. The highest BCUT2D eigenvalue weighted by Crippen LogP contribution is 2.32. The average Bonchev–Trinajstić information content (AvgIpc) is 3.21. The number of amides is 2. The van der Waals surface area contributed by atoms with Gasteiger partial charge >= 0.3 is 6.03 Å². The molecule has 176 valence electrons. The number of urea groups is 1. The molecule has 1 aromatic heterocycles. The molecular weight excluding hydrogens is 507 g/mol. The molecule has 2 N–H and O–H groups in total. The van der Waals surface area contributed by atoms with Crippen LogP contribution in [0.4, 0.5) is 9.93 Å². The predicted octanol–water partition coefficient (Wildman–Crippen LogP) is 5.33. The molecule has 1 fully saturated rings. The normalized spacial score (nSPS) is 14.4. The maximum absolute atomic E-state index is 12.2. The summed E-state index contributed by atoms with van der Waals surface area (Å²) in [6.07, 6.45) is 0.524. The molecule has 2 amide bonds. The first-order valence-corrected chi connectivity index (χ1v) is 12.5. The first-order chi connectivity index (χ1) is 16.0. The van der Waals surface area contributed by atoms with E-state index in [1.165, 1.54) is 11.3 Å². The summed E-state index contributed by atoms with van der Waals surface area (Å²) in [7, 11) is 0. The van der Waals surface area contributed by atoms with Crippen LogP contribution in [0, 0.1) is 0 Å². The third kappa shape index (κ3) is 6.62. The van der Waals surface area contributed by atoms with E-state index in [0.29, 0.717) is 45.5 Å². The quantitative estimate of drug-likeness (QED) is 0.386. The summed E-state index contributed by atoms with van der Waals surface area (Å²) < 4.78 is 12.1. The van der Waals surface area contributed by atoms with Crippen LogP contribution in [-0.2, 0) is 11.2 Å². The molecule has 0 saturated carbocycles. The lowest BCUT2D eigenvalue weighted by Gasteiger charge is -2.26. The van der Waals surface area contributed by atoms with Crippen molar-refractivity contribution >= 4 is 67.5 Å². The molecule has 7 nitrogen and oxygen atoms in total. The van der Waals surface area contributed by atoms with Crippen molar-refractivity contribution in [1.82, 2.24) is 15.2 Å². The maximum Gasteiger partial charge on any atom is 0.321 e. The molecule has 0 radical (unpaired) electrons. The Balaban J connectivity index is 1.28. The first-order valence-electron chi connectivity index (χ1n) is 10.5. The lowest BCUT2D eigenvalue weighted by Crippen LogP contribution is -2.42. The van der Waals surface area contributed by atoms with Crippen LogP contribution in [0.2, 0.25) is 15.1 Å². The van der Waals surface area contributed by atoms with E-state index in [1.807, 2.05) is 18.2 Å². The summed E-state index contributed by atoms with van der Waals surface area (Å²) in [6.45, 7) is 5.02. The smallest absolute Gasteiger partial charge is 0.321 e. The van der Waals surface area contributed by atoms with Gasteiger partial charge in [0.1, 0.15) is 5.75 Å². The van der Waals surface area contributed by atoms with Crippen LogP contribution in [0.1, 0.15) is 5.56 Å². The Bertz CT molecular complexity index is 1120. The van der Waals surface area contributed by atoms with Crippen molar-refractivity contribution in [3.63, 3.8) is 0 Å². The van der Waals surface area contributed by atoms with Crippen molar-refractivity contribution in [3.8, 4) is 5.75 Å². The van der Waals surface area contributed by atoms with Crippen molar-refractivity contribution in [1.29, 1.82) is 0 Å².